The number of likely N-dealkylation sites (tertiary alicyclic amines) is 1. The summed E-state index contributed by atoms with van der Waals surface area (Å²) >= 11 is 7.37. The van der Waals surface area contributed by atoms with Gasteiger partial charge in [0.15, 0.2) is 11.7 Å². The molecule has 0 aliphatic carbocycles. The largest absolute Gasteiger partial charge is 0.483 e. The molecule has 1 fully saturated rings. The van der Waals surface area contributed by atoms with Crippen LogP contribution < -0.4 is 10.1 Å². The Labute approximate surface area is 163 Å². The first-order valence-corrected chi connectivity index (χ1v) is 10.1. The van der Waals surface area contributed by atoms with E-state index in [1.807, 2.05) is 18.4 Å². The molecule has 26 heavy (non-hydrogen) atoms. The molecular formula is C19H24ClN3O2S. The van der Waals surface area contributed by atoms with Crippen molar-refractivity contribution < 1.29 is 9.53 Å². The predicted octanol–water partition coefficient (Wildman–Crippen LogP) is 4.35. The smallest absolute Gasteiger partial charge is 0.264 e. The van der Waals surface area contributed by atoms with Crippen molar-refractivity contribution in [2.45, 2.75) is 33.2 Å². The monoisotopic (exact) mass is 393 g/mol. The minimum Gasteiger partial charge on any atom is -0.483 e. The summed E-state index contributed by atoms with van der Waals surface area (Å²) in [5, 5.41) is 6.09. The van der Waals surface area contributed by atoms with Gasteiger partial charge in [-0.15, -0.1) is 11.3 Å². The Balaban J connectivity index is 1.46. The van der Waals surface area contributed by atoms with Gasteiger partial charge in [0, 0.05) is 16.9 Å². The van der Waals surface area contributed by atoms with Gasteiger partial charge in [0.2, 0.25) is 0 Å². The average Bonchev–Trinajstić information content (AvgIpc) is 3.03. The minimum atomic E-state index is -0.216. The van der Waals surface area contributed by atoms with Crippen molar-refractivity contribution in [2.24, 2.45) is 5.92 Å². The fraction of sp³-hybridized carbons (Fsp3) is 0.474. The molecule has 0 spiro atoms. The van der Waals surface area contributed by atoms with Crippen molar-refractivity contribution in [2.75, 3.05) is 25.0 Å². The van der Waals surface area contributed by atoms with Crippen LogP contribution in [0.5, 0.6) is 5.75 Å². The molecule has 1 aromatic carbocycles. The summed E-state index contributed by atoms with van der Waals surface area (Å²) in [6.07, 6.45) is 2.49. The van der Waals surface area contributed by atoms with E-state index in [1.165, 1.54) is 24.2 Å². The van der Waals surface area contributed by atoms with E-state index in [0.29, 0.717) is 15.9 Å². The van der Waals surface area contributed by atoms with E-state index in [9.17, 15) is 4.79 Å². The summed E-state index contributed by atoms with van der Waals surface area (Å²) in [6.45, 7) is 7.24. The number of ether oxygens (including phenoxy) is 1. The second-order valence-corrected chi connectivity index (χ2v) is 8.14. The molecule has 140 valence electrons. The molecule has 0 bridgehead atoms. The molecule has 1 aliphatic rings. The number of piperidine rings is 1. The molecule has 3 rings (SSSR count). The fourth-order valence-corrected chi connectivity index (χ4v) is 3.90. The maximum absolute atomic E-state index is 12.1. The molecule has 0 unspecified atom stereocenters. The normalized spacial score (nSPS) is 15.8. The Hall–Kier alpha value is -1.63. The number of anilines is 1. The molecule has 1 saturated heterocycles. The van der Waals surface area contributed by atoms with Crippen molar-refractivity contribution in [3.8, 4) is 5.75 Å². The lowest BCUT2D eigenvalue weighted by atomic mass is 9.99. The van der Waals surface area contributed by atoms with Gasteiger partial charge in [-0.3, -0.25) is 15.0 Å². The van der Waals surface area contributed by atoms with E-state index >= 15 is 0 Å². The van der Waals surface area contributed by atoms with Crippen LogP contribution in [-0.4, -0.2) is 35.5 Å². The highest BCUT2D eigenvalue weighted by Crippen LogP contribution is 2.23. The quantitative estimate of drug-likeness (QED) is 0.792. The molecule has 0 saturated carbocycles. The van der Waals surface area contributed by atoms with Crippen molar-refractivity contribution >= 4 is 34.0 Å². The van der Waals surface area contributed by atoms with Crippen LogP contribution in [-0.2, 0) is 11.3 Å². The summed E-state index contributed by atoms with van der Waals surface area (Å²) in [4.78, 5) is 19.0. The Morgan fingerprint density at radius 1 is 1.42 bits per heavy atom. The number of halogens is 1. The van der Waals surface area contributed by atoms with Gasteiger partial charge in [-0.05, 0) is 62.5 Å². The van der Waals surface area contributed by atoms with E-state index in [-0.39, 0.29) is 12.5 Å². The van der Waals surface area contributed by atoms with Crippen molar-refractivity contribution in [3.63, 3.8) is 0 Å². The Morgan fingerprint density at radius 2 is 2.19 bits per heavy atom. The van der Waals surface area contributed by atoms with Gasteiger partial charge in [-0.25, -0.2) is 4.98 Å². The summed E-state index contributed by atoms with van der Waals surface area (Å²) in [7, 11) is 0. The highest BCUT2D eigenvalue weighted by molar-refractivity contribution is 7.13. The molecule has 2 aromatic rings. The topological polar surface area (TPSA) is 54.5 Å². The second kappa shape index (κ2) is 8.84. The highest BCUT2D eigenvalue weighted by atomic mass is 35.5. The summed E-state index contributed by atoms with van der Waals surface area (Å²) in [5.74, 6) is 1.26. The van der Waals surface area contributed by atoms with E-state index in [4.69, 9.17) is 16.3 Å². The van der Waals surface area contributed by atoms with Crippen LogP contribution in [0.1, 0.15) is 31.0 Å². The Morgan fingerprint density at radius 3 is 2.92 bits per heavy atom. The zero-order chi connectivity index (χ0) is 18.5. The molecular weight excluding hydrogens is 370 g/mol. The molecule has 1 aromatic heterocycles. The summed E-state index contributed by atoms with van der Waals surface area (Å²) < 4.78 is 5.56. The molecule has 0 atom stereocenters. The molecule has 2 heterocycles. The fourth-order valence-electron chi connectivity index (χ4n) is 2.96. The van der Waals surface area contributed by atoms with Gasteiger partial charge >= 0.3 is 0 Å². The molecule has 5 nitrogen and oxygen atoms in total. The third kappa shape index (κ3) is 5.43. The highest BCUT2D eigenvalue weighted by Gasteiger charge is 2.17. The van der Waals surface area contributed by atoms with Crippen molar-refractivity contribution in [3.05, 3.63) is 39.9 Å². The number of benzene rings is 1. The predicted molar refractivity (Wildman–Crippen MR) is 106 cm³/mol. The van der Waals surface area contributed by atoms with E-state index in [0.717, 1.165) is 36.8 Å². The van der Waals surface area contributed by atoms with Crippen LogP contribution in [0, 0.1) is 12.8 Å². The third-order valence-corrected chi connectivity index (χ3v) is 5.60. The van der Waals surface area contributed by atoms with Gasteiger partial charge < -0.3 is 4.74 Å². The van der Waals surface area contributed by atoms with Crippen LogP contribution in [0.2, 0.25) is 5.02 Å². The van der Waals surface area contributed by atoms with Crippen LogP contribution >= 0.6 is 22.9 Å². The number of rotatable bonds is 6. The van der Waals surface area contributed by atoms with Gasteiger partial charge in [-0.2, -0.15) is 0 Å². The lowest BCUT2D eigenvalue weighted by molar-refractivity contribution is -0.118. The zero-order valence-electron chi connectivity index (χ0n) is 15.1. The number of nitrogens with zero attached hydrogens (tertiary/aromatic N) is 2. The van der Waals surface area contributed by atoms with Crippen LogP contribution in [0.4, 0.5) is 5.13 Å². The number of aryl methyl sites for hydroxylation is 1. The van der Waals surface area contributed by atoms with Crippen molar-refractivity contribution in [1.82, 2.24) is 9.88 Å². The first-order valence-electron chi connectivity index (χ1n) is 8.85. The van der Waals surface area contributed by atoms with Crippen LogP contribution in [0.3, 0.4) is 0 Å². The summed E-state index contributed by atoms with van der Waals surface area (Å²) in [6, 6.07) is 5.32. The van der Waals surface area contributed by atoms with Gasteiger partial charge in [0.25, 0.3) is 5.91 Å². The first-order chi connectivity index (χ1) is 12.5. The SMILES string of the molecule is Cc1cc(Cl)ccc1OCC(=O)Nc1nc(CN2CCC(C)CC2)cs1. The number of amides is 1. The van der Waals surface area contributed by atoms with Gasteiger partial charge in [0.1, 0.15) is 5.75 Å². The maximum Gasteiger partial charge on any atom is 0.264 e. The lowest BCUT2D eigenvalue weighted by Crippen LogP contribution is -2.32. The van der Waals surface area contributed by atoms with Crippen LogP contribution in [0.25, 0.3) is 0 Å². The van der Waals surface area contributed by atoms with Crippen molar-refractivity contribution in [1.29, 1.82) is 0 Å². The third-order valence-electron chi connectivity index (χ3n) is 4.56. The van der Waals surface area contributed by atoms with E-state index in [1.54, 1.807) is 12.1 Å². The number of carbonyl (C=O) groups excluding carboxylic acids is 1. The number of hydrogen-bond acceptors (Lipinski definition) is 5. The van der Waals surface area contributed by atoms with Gasteiger partial charge in [-0.1, -0.05) is 18.5 Å². The molecule has 1 N–H and O–H groups in total. The molecule has 1 amide bonds. The number of aromatic nitrogens is 1. The minimum absolute atomic E-state index is 0.0542. The average molecular weight is 394 g/mol. The maximum atomic E-state index is 12.1. The van der Waals surface area contributed by atoms with E-state index < -0.39 is 0 Å². The zero-order valence-corrected chi connectivity index (χ0v) is 16.7. The first kappa shape index (κ1) is 19.1. The Bertz CT molecular complexity index is 757. The second-order valence-electron chi connectivity index (χ2n) is 6.85. The van der Waals surface area contributed by atoms with Gasteiger partial charge in [0.05, 0.1) is 5.69 Å². The number of thiazole rings is 1. The summed E-state index contributed by atoms with van der Waals surface area (Å²) in [5.41, 5.74) is 1.91. The Kier molecular flexibility index (Phi) is 6.51. The number of carbonyl (C=O) groups is 1. The molecule has 7 heteroatoms. The number of hydrogen-bond donors (Lipinski definition) is 1. The molecule has 1 aliphatic heterocycles. The van der Waals surface area contributed by atoms with E-state index in [2.05, 4.69) is 22.1 Å². The van der Waals surface area contributed by atoms with Crippen LogP contribution in [0.15, 0.2) is 23.6 Å². The standard InChI is InChI=1S/C19H24ClN3O2S/c1-13-5-7-23(8-6-13)10-16-12-26-19(21-16)22-18(24)11-25-17-4-3-15(20)9-14(17)2/h3-4,9,12-13H,5-8,10-11H2,1-2H3,(H,21,22,24). The lowest BCUT2D eigenvalue weighted by Gasteiger charge is -2.29. The molecule has 0 radical (unpaired) electrons. The number of nitrogens with one attached hydrogen (secondary N) is 1.